The molecule has 1 amide bonds. The minimum atomic E-state index is -1.17. The van der Waals surface area contributed by atoms with Gasteiger partial charge >= 0.3 is 12.1 Å². The van der Waals surface area contributed by atoms with Gasteiger partial charge in [-0.25, -0.2) is 9.59 Å². The number of benzene rings is 1. The lowest BCUT2D eigenvalue weighted by Crippen LogP contribution is -2.39. The number of rotatable bonds is 2. The van der Waals surface area contributed by atoms with Crippen molar-refractivity contribution in [3.05, 3.63) is 35.4 Å². The fraction of sp³-hybridized carbons (Fsp3) is 0.385. The summed E-state index contributed by atoms with van der Waals surface area (Å²) in [6, 6.07) is 6.75. The number of likely N-dealkylation sites (tertiary alicyclic amines) is 1. The molecule has 2 rings (SSSR count). The molecule has 18 heavy (non-hydrogen) atoms. The number of aryl methyl sites for hydroxylation is 1. The average Bonchev–Trinajstić information content (AvgIpc) is 2.74. The smallest absolute Gasteiger partial charge is 0.408 e. The Balaban J connectivity index is 2.26. The van der Waals surface area contributed by atoms with E-state index < -0.39 is 18.1 Å². The molecule has 96 valence electrons. The number of hydrogen-bond acceptors (Lipinski definition) is 2. The van der Waals surface area contributed by atoms with Gasteiger partial charge in [-0.05, 0) is 24.5 Å². The number of nitrogens with zero attached hydrogens (tertiary/aromatic N) is 1. The molecule has 0 bridgehead atoms. The van der Waals surface area contributed by atoms with Crippen LogP contribution in [0.2, 0.25) is 0 Å². The summed E-state index contributed by atoms with van der Waals surface area (Å²) in [5.74, 6) is -1.11. The quantitative estimate of drug-likeness (QED) is 0.839. The van der Waals surface area contributed by atoms with Gasteiger partial charge in [0.25, 0.3) is 0 Å². The van der Waals surface area contributed by atoms with Gasteiger partial charge in [0.05, 0.1) is 0 Å². The van der Waals surface area contributed by atoms with E-state index in [9.17, 15) is 9.59 Å². The van der Waals surface area contributed by atoms with Crippen LogP contribution in [0, 0.1) is 6.92 Å². The molecule has 0 spiro atoms. The van der Waals surface area contributed by atoms with Gasteiger partial charge < -0.3 is 10.2 Å². The number of carboxylic acid groups (broad SMARTS) is 2. The lowest BCUT2D eigenvalue weighted by molar-refractivity contribution is -0.141. The van der Waals surface area contributed by atoms with Crippen LogP contribution in [0.1, 0.15) is 23.5 Å². The number of hydrogen-bond donors (Lipinski definition) is 2. The van der Waals surface area contributed by atoms with E-state index in [1.54, 1.807) is 0 Å². The monoisotopic (exact) mass is 249 g/mol. The zero-order valence-electron chi connectivity index (χ0n) is 10.0. The van der Waals surface area contributed by atoms with E-state index in [0.29, 0.717) is 6.42 Å². The number of carboxylic acids is 1. The Morgan fingerprint density at radius 2 is 1.94 bits per heavy atom. The summed E-state index contributed by atoms with van der Waals surface area (Å²) in [6.07, 6.45) is -0.828. The van der Waals surface area contributed by atoms with Gasteiger partial charge in [-0.3, -0.25) is 4.90 Å². The Kier molecular flexibility index (Phi) is 3.23. The molecule has 1 aromatic carbocycles. The van der Waals surface area contributed by atoms with Crippen LogP contribution in [-0.2, 0) is 4.79 Å². The lowest BCUT2D eigenvalue weighted by atomic mass is 9.93. The van der Waals surface area contributed by atoms with E-state index in [4.69, 9.17) is 10.2 Å². The predicted molar refractivity (Wildman–Crippen MR) is 64.7 cm³/mol. The third-order valence-corrected chi connectivity index (χ3v) is 3.46. The van der Waals surface area contributed by atoms with Crippen LogP contribution in [0.3, 0.4) is 0 Å². The normalized spacial score (nSPS) is 23.1. The topological polar surface area (TPSA) is 77.8 Å². The van der Waals surface area contributed by atoms with Crippen molar-refractivity contribution in [2.45, 2.75) is 25.3 Å². The standard InChI is InChI=1S/C13H15NO4/c1-8-4-2-3-5-10(8)9-6-11(12(15)16)14(7-9)13(17)18/h2-5,9,11H,6-7H2,1H3,(H,15,16)(H,17,18)/t9-,11+/m1/s1. The summed E-state index contributed by atoms with van der Waals surface area (Å²) >= 11 is 0. The molecule has 0 radical (unpaired) electrons. The summed E-state index contributed by atoms with van der Waals surface area (Å²) in [6.45, 7) is 2.20. The summed E-state index contributed by atoms with van der Waals surface area (Å²) in [4.78, 5) is 23.1. The summed E-state index contributed by atoms with van der Waals surface area (Å²) in [7, 11) is 0. The fourth-order valence-corrected chi connectivity index (χ4v) is 2.55. The first-order valence-corrected chi connectivity index (χ1v) is 5.78. The highest BCUT2D eigenvalue weighted by Crippen LogP contribution is 2.33. The molecule has 1 aliphatic heterocycles. The van der Waals surface area contributed by atoms with E-state index in [2.05, 4.69) is 0 Å². The van der Waals surface area contributed by atoms with Gasteiger partial charge in [-0.2, -0.15) is 0 Å². The summed E-state index contributed by atoms with van der Waals surface area (Å²) < 4.78 is 0. The Hall–Kier alpha value is -2.04. The maximum absolute atomic E-state index is 11.1. The van der Waals surface area contributed by atoms with Gasteiger partial charge in [0.15, 0.2) is 0 Å². The van der Waals surface area contributed by atoms with Gasteiger partial charge in [0.2, 0.25) is 0 Å². The Bertz CT molecular complexity index is 464. The number of aliphatic carboxylic acids is 1. The maximum Gasteiger partial charge on any atom is 0.408 e. The predicted octanol–water partition coefficient (Wildman–Crippen LogP) is 1.92. The van der Waals surface area contributed by atoms with E-state index in [1.165, 1.54) is 0 Å². The first-order valence-electron chi connectivity index (χ1n) is 5.78. The van der Waals surface area contributed by atoms with Crippen LogP contribution in [0.4, 0.5) is 4.79 Å². The van der Waals surface area contributed by atoms with Crippen molar-refractivity contribution in [2.75, 3.05) is 6.54 Å². The highest BCUT2D eigenvalue weighted by atomic mass is 16.4. The molecule has 0 aromatic heterocycles. The molecule has 5 heteroatoms. The highest BCUT2D eigenvalue weighted by Gasteiger charge is 2.40. The Morgan fingerprint density at radius 3 is 2.44 bits per heavy atom. The zero-order valence-corrected chi connectivity index (χ0v) is 10.0. The second kappa shape index (κ2) is 4.68. The van der Waals surface area contributed by atoms with Crippen molar-refractivity contribution in [3.63, 3.8) is 0 Å². The molecule has 0 unspecified atom stereocenters. The fourth-order valence-electron chi connectivity index (χ4n) is 2.55. The molecular weight excluding hydrogens is 234 g/mol. The molecule has 1 heterocycles. The maximum atomic E-state index is 11.1. The van der Waals surface area contributed by atoms with Gasteiger partial charge in [0, 0.05) is 12.5 Å². The Morgan fingerprint density at radius 1 is 1.28 bits per heavy atom. The van der Waals surface area contributed by atoms with E-state index in [0.717, 1.165) is 16.0 Å². The van der Waals surface area contributed by atoms with Crippen molar-refractivity contribution in [2.24, 2.45) is 0 Å². The van der Waals surface area contributed by atoms with Crippen LogP contribution in [0.5, 0.6) is 0 Å². The summed E-state index contributed by atoms with van der Waals surface area (Å²) in [5, 5.41) is 18.1. The number of carbonyl (C=O) groups is 2. The number of amides is 1. The first kappa shape index (κ1) is 12.4. The van der Waals surface area contributed by atoms with Crippen LogP contribution in [-0.4, -0.2) is 39.8 Å². The van der Waals surface area contributed by atoms with Crippen molar-refractivity contribution in [1.82, 2.24) is 4.90 Å². The van der Waals surface area contributed by atoms with Crippen molar-refractivity contribution in [1.29, 1.82) is 0 Å². The zero-order chi connectivity index (χ0) is 13.3. The van der Waals surface area contributed by atoms with Crippen molar-refractivity contribution < 1.29 is 19.8 Å². The summed E-state index contributed by atoms with van der Waals surface area (Å²) in [5.41, 5.74) is 2.10. The van der Waals surface area contributed by atoms with Crippen molar-refractivity contribution in [3.8, 4) is 0 Å². The van der Waals surface area contributed by atoms with Crippen LogP contribution < -0.4 is 0 Å². The molecular formula is C13H15NO4. The molecule has 1 fully saturated rings. The molecule has 2 N–H and O–H groups in total. The molecule has 2 atom stereocenters. The van der Waals surface area contributed by atoms with Crippen molar-refractivity contribution >= 4 is 12.1 Å². The largest absolute Gasteiger partial charge is 0.480 e. The molecule has 5 nitrogen and oxygen atoms in total. The molecule has 0 saturated carbocycles. The highest BCUT2D eigenvalue weighted by molar-refractivity contribution is 5.80. The van der Waals surface area contributed by atoms with E-state index >= 15 is 0 Å². The van der Waals surface area contributed by atoms with E-state index in [-0.39, 0.29) is 12.5 Å². The van der Waals surface area contributed by atoms with Gasteiger partial charge in [-0.1, -0.05) is 24.3 Å². The lowest BCUT2D eigenvalue weighted by Gasteiger charge is -2.17. The third kappa shape index (κ3) is 2.16. The van der Waals surface area contributed by atoms with Gasteiger partial charge in [-0.15, -0.1) is 0 Å². The van der Waals surface area contributed by atoms with E-state index in [1.807, 2.05) is 31.2 Å². The second-order valence-corrected chi connectivity index (χ2v) is 4.58. The molecule has 1 saturated heterocycles. The van der Waals surface area contributed by atoms with Crippen LogP contribution in [0.25, 0.3) is 0 Å². The second-order valence-electron chi connectivity index (χ2n) is 4.58. The van der Waals surface area contributed by atoms with Gasteiger partial charge in [0.1, 0.15) is 6.04 Å². The first-order chi connectivity index (χ1) is 8.50. The van der Waals surface area contributed by atoms with Crippen LogP contribution >= 0.6 is 0 Å². The average molecular weight is 249 g/mol. The minimum Gasteiger partial charge on any atom is -0.480 e. The van der Waals surface area contributed by atoms with Crippen LogP contribution in [0.15, 0.2) is 24.3 Å². The SMILES string of the molecule is Cc1ccccc1[C@@H]1C[C@@H](C(=O)O)N(C(=O)O)C1. The molecule has 1 aliphatic rings. The third-order valence-electron chi connectivity index (χ3n) is 3.46. The molecule has 1 aromatic rings. The minimum absolute atomic E-state index is 0.0385. The Labute approximate surface area is 105 Å². The molecule has 0 aliphatic carbocycles.